The number of carbonyl (C=O) groups is 3. The molecule has 1 aromatic heterocycles. The summed E-state index contributed by atoms with van der Waals surface area (Å²) in [6.45, 7) is 7.08. The van der Waals surface area contributed by atoms with Gasteiger partial charge in [-0.3, -0.25) is 14.3 Å². The van der Waals surface area contributed by atoms with Crippen molar-refractivity contribution in [2.45, 2.75) is 51.7 Å². The second kappa shape index (κ2) is 7.81. The number of esters is 1. The SMILES string of the molecule is COC(=O)C1CC(=O)N(c2cnn(C3CCN(C(=O)OC(C)(C)C)CC3)c2)C1. The smallest absolute Gasteiger partial charge is 0.410 e. The number of amides is 2. The fourth-order valence-electron chi connectivity index (χ4n) is 3.59. The maximum Gasteiger partial charge on any atom is 0.410 e. The van der Waals surface area contributed by atoms with Gasteiger partial charge in [0, 0.05) is 32.3 Å². The van der Waals surface area contributed by atoms with Crippen LogP contribution in [0.4, 0.5) is 10.5 Å². The maximum atomic E-state index is 12.2. The van der Waals surface area contributed by atoms with Crippen LogP contribution in [0.25, 0.3) is 0 Å². The van der Waals surface area contributed by atoms with Gasteiger partial charge in [0.05, 0.1) is 31.0 Å². The van der Waals surface area contributed by atoms with Gasteiger partial charge in [0.2, 0.25) is 5.91 Å². The number of ether oxygens (including phenoxy) is 2. The standard InChI is InChI=1S/C19H28N4O5/c1-19(2,3)28-18(26)21-7-5-14(6-8-21)23-12-15(10-20-23)22-11-13(9-16(22)24)17(25)27-4/h10,12-14H,5-9,11H2,1-4H3. The number of carbonyl (C=O) groups excluding carboxylic acids is 3. The van der Waals surface area contributed by atoms with Gasteiger partial charge < -0.3 is 19.3 Å². The van der Waals surface area contributed by atoms with E-state index in [0.717, 1.165) is 12.8 Å². The number of aromatic nitrogens is 2. The fourth-order valence-corrected chi connectivity index (χ4v) is 3.59. The molecule has 2 aliphatic rings. The summed E-state index contributed by atoms with van der Waals surface area (Å²) in [6, 6.07) is 0.154. The summed E-state index contributed by atoms with van der Waals surface area (Å²) in [6.07, 6.45) is 4.89. The molecule has 154 valence electrons. The average molecular weight is 392 g/mol. The van der Waals surface area contributed by atoms with E-state index >= 15 is 0 Å². The molecule has 1 aromatic rings. The topological polar surface area (TPSA) is 94.0 Å². The molecule has 2 fully saturated rings. The molecule has 3 rings (SSSR count). The van der Waals surface area contributed by atoms with E-state index in [2.05, 4.69) is 5.10 Å². The summed E-state index contributed by atoms with van der Waals surface area (Å²) in [5.74, 6) is -0.898. The van der Waals surface area contributed by atoms with Gasteiger partial charge in [0.15, 0.2) is 0 Å². The van der Waals surface area contributed by atoms with Crippen molar-refractivity contribution < 1.29 is 23.9 Å². The van der Waals surface area contributed by atoms with Gasteiger partial charge in [-0.15, -0.1) is 0 Å². The summed E-state index contributed by atoms with van der Waals surface area (Å²) < 4.78 is 12.0. The summed E-state index contributed by atoms with van der Waals surface area (Å²) in [5.41, 5.74) is 0.181. The van der Waals surface area contributed by atoms with Gasteiger partial charge in [-0.25, -0.2) is 4.79 Å². The highest BCUT2D eigenvalue weighted by atomic mass is 16.6. The molecule has 1 unspecified atom stereocenters. The normalized spacial score (nSPS) is 21.1. The molecule has 0 bridgehead atoms. The minimum Gasteiger partial charge on any atom is -0.469 e. The van der Waals surface area contributed by atoms with Crippen LogP contribution in [0.2, 0.25) is 0 Å². The third-order valence-corrected chi connectivity index (χ3v) is 5.05. The Labute approximate surface area is 164 Å². The molecule has 2 saturated heterocycles. The Kier molecular flexibility index (Phi) is 5.62. The maximum absolute atomic E-state index is 12.2. The lowest BCUT2D eigenvalue weighted by atomic mass is 10.1. The van der Waals surface area contributed by atoms with Crippen LogP contribution in [0.3, 0.4) is 0 Å². The first-order chi connectivity index (χ1) is 13.2. The van der Waals surface area contributed by atoms with Gasteiger partial charge in [-0.2, -0.15) is 5.10 Å². The molecule has 0 aromatic carbocycles. The number of hydrogen-bond acceptors (Lipinski definition) is 6. The predicted octanol–water partition coefficient (Wildman–Crippen LogP) is 1.98. The van der Waals surface area contributed by atoms with Crippen molar-refractivity contribution in [3.05, 3.63) is 12.4 Å². The van der Waals surface area contributed by atoms with Crippen LogP contribution in [0.5, 0.6) is 0 Å². The number of nitrogens with zero attached hydrogens (tertiary/aromatic N) is 4. The third-order valence-electron chi connectivity index (χ3n) is 5.05. The van der Waals surface area contributed by atoms with Crippen molar-refractivity contribution in [2.75, 3.05) is 31.6 Å². The zero-order valence-corrected chi connectivity index (χ0v) is 16.9. The van der Waals surface area contributed by atoms with Crippen molar-refractivity contribution in [1.82, 2.24) is 14.7 Å². The molecule has 0 N–H and O–H groups in total. The lowest BCUT2D eigenvalue weighted by Crippen LogP contribution is -2.42. The number of likely N-dealkylation sites (tertiary alicyclic amines) is 1. The van der Waals surface area contributed by atoms with Crippen molar-refractivity contribution in [3.63, 3.8) is 0 Å². The number of rotatable bonds is 3. The van der Waals surface area contributed by atoms with Gasteiger partial charge in [-0.1, -0.05) is 0 Å². The first kappa shape index (κ1) is 20.2. The third kappa shape index (κ3) is 4.45. The van der Waals surface area contributed by atoms with Crippen molar-refractivity contribution in [1.29, 1.82) is 0 Å². The Balaban J connectivity index is 1.58. The molecule has 0 saturated carbocycles. The van der Waals surface area contributed by atoms with Gasteiger partial charge >= 0.3 is 12.1 Å². The van der Waals surface area contributed by atoms with E-state index in [4.69, 9.17) is 9.47 Å². The second-order valence-electron chi connectivity index (χ2n) is 8.31. The lowest BCUT2D eigenvalue weighted by molar-refractivity contribution is -0.145. The minimum atomic E-state index is -0.505. The summed E-state index contributed by atoms with van der Waals surface area (Å²) in [4.78, 5) is 39.4. The molecule has 0 aliphatic carbocycles. The van der Waals surface area contributed by atoms with Gasteiger partial charge in [0.25, 0.3) is 0 Å². The molecule has 0 spiro atoms. The monoisotopic (exact) mass is 392 g/mol. The quantitative estimate of drug-likeness (QED) is 0.730. The molecule has 0 radical (unpaired) electrons. The van der Waals surface area contributed by atoms with Crippen molar-refractivity contribution in [2.24, 2.45) is 5.92 Å². The Hall–Kier alpha value is -2.58. The highest BCUT2D eigenvalue weighted by molar-refractivity contribution is 5.99. The second-order valence-corrected chi connectivity index (χ2v) is 8.31. The van der Waals surface area contributed by atoms with E-state index in [1.165, 1.54) is 7.11 Å². The molecule has 3 heterocycles. The molecular formula is C19H28N4O5. The Morgan fingerprint density at radius 1 is 1.21 bits per heavy atom. The first-order valence-corrected chi connectivity index (χ1v) is 9.58. The van der Waals surface area contributed by atoms with E-state index in [-0.39, 0.29) is 30.4 Å². The van der Waals surface area contributed by atoms with Gasteiger partial charge in [0.1, 0.15) is 5.60 Å². The Bertz CT molecular complexity index is 746. The van der Waals surface area contributed by atoms with Crippen LogP contribution in [0, 0.1) is 5.92 Å². The van der Waals surface area contributed by atoms with Crippen LogP contribution in [0.1, 0.15) is 46.1 Å². The van der Waals surface area contributed by atoms with Crippen molar-refractivity contribution in [3.8, 4) is 0 Å². The molecule has 1 atom stereocenters. The zero-order valence-electron chi connectivity index (χ0n) is 16.9. The number of hydrogen-bond donors (Lipinski definition) is 0. The van der Waals surface area contributed by atoms with E-state index in [0.29, 0.717) is 25.3 Å². The summed E-state index contributed by atoms with van der Waals surface area (Å²) in [7, 11) is 1.33. The molecular weight excluding hydrogens is 364 g/mol. The molecule has 28 heavy (non-hydrogen) atoms. The van der Waals surface area contributed by atoms with E-state index in [1.54, 1.807) is 16.0 Å². The fraction of sp³-hybridized carbons (Fsp3) is 0.684. The van der Waals surface area contributed by atoms with Crippen LogP contribution < -0.4 is 4.90 Å². The van der Waals surface area contributed by atoms with Gasteiger partial charge in [-0.05, 0) is 33.6 Å². The number of methoxy groups -OCH3 is 1. The minimum absolute atomic E-state index is 0.102. The summed E-state index contributed by atoms with van der Waals surface area (Å²) >= 11 is 0. The van der Waals surface area contributed by atoms with Crippen LogP contribution in [0.15, 0.2) is 12.4 Å². The van der Waals surface area contributed by atoms with Crippen LogP contribution in [-0.4, -0.2) is 65.0 Å². The molecule has 9 heteroatoms. The highest BCUT2D eigenvalue weighted by Crippen LogP contribution is 2.29. The highest BCUT2D eigenvalue weighted by Gasteiger charge is 2.36. The largest absolute Gasteiger partial charge is 0.469 e. The van der Waals surface area contributed by atoms with Crippen molar-refractivity contribution >= 4 is 23.7 Å². The first-order valence-electron chi connectivity index (χ1n) is 9.58. The lowest BCUT2D eigenvalue weighted by Gasteiger charge is -2.33. The zero-order chi connectivity index (χ0) is 20.5. The molecule has 9 nitrogen and oxygen atoms in total. The van der Waals surface area contributed by atoms with E-state index < -0.39 is 11.5 Å². The predicted molar refractivity (Wildman–Crippen MR) is 101 cm³/mol. The summed E-state index contributed by atoms with van der Waals surface area (Å²) in [5, 5.41) is 4.41. The van der Waals surface area contributed by atoms with Crippen LogP contribution in [-0.2, 0) is 19.1 Å². The number of piperidine rings is 1. The molecule has 2 amide bonds. The van der Waals surface area contributed by atoms with E-state index in [9.17, 15) is 14.4 Å². The number of anilines is 1. The van der Waals surface area contributed by atoms with Crippen LogP contribution >= 0.6 is 0 Å². The molecule has 2 aliphatic heterocycles. The Morgan fingerprint density at radius 2 is 1.89 bits per heavy atom. The van der Waals surface area contributed by atoms with E-state index in [1.807, 2.05) is 31.6 Å². The Morgan fingerprint density at radius 3 is 2.50 bits per heavy atom. The average Bonchev–Trinajstić information content (AvgIpc) is 3.26.